The van der Waals surface area contributed by atoms with Crippen LogP contribution in [0.2, 0.25) is 0 Å². The minimum atomic E-state index is -3.35. The van der Waals surface area contributed by atoms with Crippen molar-refractivity contribution in [3.63, 3.8) is 0 Å². The van der Waals surface area contributed by atoms with Crippen LogP contribution in [0.25, 0.3) is 0 Å². The maximum absolute atomic E-state index is 12.1. The first kappa shape index (κ1) is 14.7. The largest absolute Gasteiger partial charge is 0.338 e. The fourth-order valence-corrected chi connectivity index (χ4v) is 2.54. The summed E-state index contributed by atoms with van der Waals surface area (Å²) in [6.45, 7) is 3.61. The van der Waals surface area contributed by atoms with E-state index in [9.17, 15) is 13.2 Å². The summed E-state index contributed by atoms with van der Waals surface area (Å²) in [7, 11) is -3.35. The fraction of sp³-hybridized carbons (Fsp3) is 0.583. The molecule has 0 radical (unpaired) electrons. The lowest BCUT2D eigenvalue weighted by molar-refractivity contribution is -0.130. The van der Waals surface area contributed by atoms with Crippen LogP contribution in [0.15, 0.2) is 18.5 Å². The van der Waals surface area contributed by atoms with Gasteiger partial charge in [-0.15, -0.1) is 0 Å². The molecule has 2 rings (SSSR count). The second-order valence-electron chi connectivity index (χ2n) is 4.83. The number of hydrogen-bond donors (Lipinski definition) is 0. The van der Waals surface area contributed by atoms with Crippen LogP contribution in [0.1, 0.15) is 6.92 Å². The molecule has 1 aliphatic rings. The number of amides is 1. The third-order valence-electron chi connectivity index (χ3n) is 3.42. The van der Waals surface area contributed by atoms with Gasteiger partial charge in [-0.3, -0.25) is 4.79 Å². The first-order chi connectivity index (χ1) is 9.39. The molecule has 110 valence electrons. The summed E-state index contributed by atoms with van der Waals surface area (Å²) >= 11 is 0. The number of hydrogen-bond acceptors (Lipinski definition) is 6. The molecule has 0 bridgehead atoms. The number of sulfone groups is 1. The third kappa shape index (κ3) is 3.24. The van der Waals surface area contributed by atoms with Crippen LogP contribution in [-0.4, -0.2) is 66.9 Å². The molecule has 20 heavy (non-hydrogen) atoms. The van der Waals surface area contributed by atoms with Crippen molar-refractivity contribution in [2.45, 2.75) is 12.2 Å². The molecule has 0 unspecified atom stereocenters. The molecule has 0 aliphatic carbocycles. The van der Waals surface area contributed by atoms with Gasteiger partial charge in [0.15, 0.2) is 9.84 Å². The SMILES string of the molecule is C[C@H](C(=O)N1CCN(c2ncccn2)CC1)S(C)(=O)=O. The van der Waals surface area contributed by atoms with Crippen LogP contribution >= 0.6 is 0 Å². The van der Waals surface area contributed by atoms with Crippen molar-refractivity contribution < 1.29 is 13.2 Å². The number of nitrogens with zero attached hydrogens (tertiary/aromatic N) is 4. The third-order valence-corrected chi connectivity index (χ3v) is 4.90. The highest BCUT2D eigenvalue weighted by molar-refractivity contribution is 7.92. The maximum atomic E-state index is 12.1. The number of piperazine rings is 1. The van der Waals surface area contributed by atoms with E-state index in [1.54, 1.807) is 23.4 Å². The van der Waals surface area contributed by atoms with E-state index in [-0.39, 0.29) is 5.91 Å². The molecule has 0 aromatic carbocycles. The smallest absolute Gasteiger partial charge is 0.240 e. The van der Waals surface area contributed by atoms with Gasteiger partial charge in [0.2, 0.25) is 11.9 Å². The van der Waals surface area contributed by atoms with E-state index in [4.69, 9.17) is 0 Å². The Hall–Kier alpha value is -1.70. The van der Waals surface area contributed by atoms with E-state index < -0.39 is 15.1 Å². The summed E-state index contributed by atoms with van der Waals surface area (Å²) in [6, 6.07) is 1.75. The summed E-state index contributed by atoms with van der Waals surface area (Å²) in [5.41, 5.74) is 0. The van der Waals surface area contributed by atoms with Gasteiger partial charge in [-0.1, -0.05) is 0 Å². The van der Waals surface area contributed by atoms with Crippen molar-refractivity contribution in [3.8, 4) is 0 Å². The molecule has 1 aliphatic heterocycles. The first-order valence-electron chi connectivity index (χ1n) is 6.39. The molecule has 1 atom stereocenters. The molecule has 1 fully saturated rings. The molecular formula is C12H18N4O3S. The summed E-state index contributed by atoms with van der Waals surface area (Å²) in [6.07, 6.45) is 4.43. The lowest BCUT2D eigenvalue weighted by Gasteiger charge is -2.35. The standard InChI is InChI=1S/C12H18N4O3S/c1-10(20(2,18)19)11(17)15-6-8-16(9-7-15)12-13-4-3-5-14-12/h3-5,10H,6-9H2,1-2H3/t10-/m1/s1. The Kier molecular flexibility index (Phi) is 4.22. The molecule has 0 N–H and O–H groups in total. The minimum Gasteiger partial charge on any atom is -0.338 e. The van der Waals surface area contributed by atoms with Gasteiger partial charge < -0.3 is 9.80 Å². The van der Waals surface area contributed by atoms with Gasteiger partial charge in [0.1, 0.15) is 5.25 Å². The monoisotopic (exact) mass is 298 g/mol. The zero-order valence-corrected chi connectivity index (χ0v) is 12.4. The summed E-state index contributed by atoms with van der Waals surface area (Å²) in [4.78, 5) is 24.0. The topological polar surface area (TPSA) is 83.5 Å². The Bertz CT molecular complexity index is 568. The van der Waals surface area contributed by atoms with Crippen LogP contribution in [0.5, 0.6) is 0 Å². The second kappa shape index (κ2) is 5.74. The van der Waals surface area contributed by atoms with Crippen molar-refractivity contribution in [3.05, 3.63) is 18.5 Å². The molecule has 2 heterocycles. The van der Waals surface area contributed by atoms with Gasteiger partial charge in [0, 0.05) is 44.8 Å². The summed E-state index contributed by atoms with van der Waals surface area (Å²) in [5.74, 6) is 0.303. The molecule has 8 heteroatoms. The van der Waals surface area contributed by atoms with Crippen LogP contribution in [0.4, 0.5) is 5.95 Å². The van der Waals surface area contributed by atoms with Crippen LogP contribution in [0, 0.1) is 0 Å². The van der Waals surface area contributed by atoms with Gasteiger partial charge in [-0.25, -0.2) is 18.4 Å². The van der Waals surface area contributed by atoms with E-state index in [0.29, 0.717) is 32.1 Å². The first-order valence-corrected chi connectivity index (χ1v) is 8.34. The molecule has 0 saturated carbocycles. The van der Waals surface area contributed by atoms with E-state index >= 15 is 0 Å². The molecule has 1 aromatic rings. The van der Waals surface area contributed by atoms with Crippen LogP contribution in [0.3, 0.4) is 0 Å². The van der Waals surface area contributed by atoms with Gasteiger partial charge in [0.05, 0.1) is 0 Å². The number of anilines is 1. The Labute approximate surface area is 118 Å². The number of rotatable bonds is 3. The predicted octanol–water partition coefficient (Wildman–Crippen LogP) is -0.442. The minimum absolute atomic E-state index is 0.332. The van der Waals surface area contributed by atoms with Crippen molar-refractivity contribution in [2.24, 2.45) is 0 Å². The maximum Gasteiger partial charge on any atom is 0.240 e. The highest BCUT2D eigenvalue weighted by atomic mass is 32.2. The quantitative estimate of drug-likeness (QED) is 0.752. The number of aromatic nitrogens is 2. The average molecular weight is 298 g/mol. The van der Waals surface area contributed by atoms with Gasteiger partial charge >= 0.3 is 0 Å². The Morgan fingerprint density at radius 2 is 1.75 bits per heavy atom. The lowest BCUT2D eigenvalue weighted by atomic mass is 10.3. The highest BCUT2D eigenvalue weighted by Crippen LogP contribution is 2.12. The average Bonchev–Trinajstić information content (AvgIpc) is 2.46. The van der Waals surface area contributed by atoms with Gasteiger partial charge in [0.25, 0.3) is 0 Å². The molecule has 0 spiro atoms. The van der Waals surface area contributed by atoms with Crippen LogP contribution in [-0.2, 0) is 14.6 Å². The molecule has 1 aromatic heterocycles. The molecule has 1 amide bonds. The van der Waals surface area contributed by atoms with Crippen molar-refractivity contribution >= 4 is 21.7 Å². The van der Waals surface area contributed by atoms with E-state index in [1.807, 2.05) is 4.90 Å². The zero-order valence-electron chi connectivity index (χ0n) is 11.6. The molecular weight excluding hydrogens is 280 g/mol. The van der Waals surface area contributed by atoms with Crippen molar-refractivity contribution in [1.29, 1.82) is 0 Å². The highest BCUT2D eigenvalue weighted by Gasteiger charge is 2.30. The predicted molar refractivity (Wildman–Crippen MR) is 75.1 cm³/mol. The Balaban J connectivity index is 1.96. The van der Waals surface area contributed by atoms with Gasteiger partial charge in [-0.05, 0) is 13.0 Å². The number of carbonyl (C=O) groups excluding carboxylic acids is 1. The Morgan fingerprint density at radius 1 is 1.20 bits per heavy atom. The van der Waals surface area contributed by atoms with Gasteiger partial charge in [-0.2, -0.15) is 0 Å². The van der Waals surface area contributed by atoms with E-state index in [0.717, 1.165) is 6.26 Å². The fourth-order valence-electron chi connectivity index (χ4n) is 2.02. The zero-order chi connectivity index (χ0) is 14.8. The van der Waals surface area contributed by atoms with Crippen LogP contribution < -0.4 is 4.90 Å². The van der Waals surface area contributed by atoms with Crippen molar-refractivity contribution in [2.75, 3.05) is 37.3 Å². The summed E-state index contributed by atoms with van der Waals surface area (Å²) in [5, 5.41) is -0.984. The molecule has 7 nitrogen and oxygen atoms in total. The summed E-state index contributed by atoms with van der Waals surface area (Å²) < 4.78 is 22.8. The molecule has 1 saturated heterocycles. The Morgan fingerprint density at radius 3 is 2.25 bits per heavy atom. The van der Waals surface area contributed by atoms with Crippen molar-refractivity contribution in [1.82, 2.24) is 14.9 Å². The van der Waals surface area contributed by atoms with E-state index in [2.05, 4.69) is 9.97 Å². The normalized spacial score (nSPS) is 17.9. The van der Waals surface area contributed by atoms with E-state index in [1.165, 1.54) is 6.92 Å². The number of carbonyl (C=O) groups is 1. The lowest BCUT2D eigenvalue weighted by Crippen LogP contribution is -2.52. The second-order valence-corrected chi connectivity index (χ2v) is 7.20.